The molecule has 0 radical (unpaired) electrons. The Morgan fingerprint density at radius 2 is 1.41 bits per heavy atom. The lowest BCUT2D eigenvalue weighted by atomic mass is 10.2. The van der Waals surface area contributed by atoms with Crippen LogP contribution in [0, 0.1) is 0 Å². The molecule has 0 saturated carbocycles. The van der Waals surface area contributed by atoms with Gasteiger partial charge in [0.2, 0.25) is 0 Å². The van der Waals surface area contributed by atoms with Gasteiger partial charge in [0.1, 0.15) is 11.4 Å². The zero-order chi connectivity index (χ0) is 27.5. The van der Waals surface area contributed by atoms with Crippen LogP contribution in [0.15, 0.2) is 12.7 Å². The Labute approximate surface area is 202 Å². The van der Waals surface area contributed by atoms with Gasteiger partial charge in [-0.15, -0.1) is 0 Å². The highest BCUT2D eigenvalue weighted by Gasteiger charge is 2.27. The molecule has 11 nitrogen and oxygen atoms in total. The van der Waals surface area contributed by atoms with E-state index in [9.17, 15) is 24.0 Å². The van der Waals surface area contributed by atoms with Crippen molar-refractivity contribution in [1.29, 1.82) is 0 Å². The van der Waals surface area contributed by atoms with Gasteiger partial charge in [-0.2, -0.15) is 0 Å². The molecule has 0 aromatic rings. The average Bonchev–Trinajstić information content (AvgIpc) is 2.71. The fraction of sp³-hybridized carbons (Fsp3) is 0.696. The highest BCUT2D eigenvalue weighted by molar-refractivity contribution is 5.81. The minimum absolute atomic E-state index is 0.0242. The van der Waals surface area contributed by atoms with E-state index < -0.39 is 29.7 Å². The summed E-state index contributed by atoms with van der Waals surface area (Å²) in [6.07, 6.45) is 1.17. The SMILES string of the molecule is C=CC(=O)OC.COC(=O)C[C@@H](C)N.COC(=O)C[C@@H](C)N(CCC(C)=O)C(=O)OC(C)(C)C. The largest absolute Gasteiger partial charge is 0.469 e. The number of rotatable bonds is 9. The second-order valence-electron chi connectivity index (χ2n) is 8.24. The van der Waals surface area contributed by atoms with Gasteiger partial charge in [0.05, 0.1) is 34.2 Å². The first kappa shape index (κ1) is 35.6. The van der Waals surface area contributed by atoms with E-state index in [-0.39, 0.29) is 37.2 Å². The molecule has 0 unspecified atom stereocenters. The zero-order valence-electron chi connectivity index (χ0n) is 22.0. The molecule has 0 heterocycles. The Hall–Kier alpha value is -2.95. The minimum Gasteiger partial charge on any atom is -0.469 e. The molecule has 0 saturated heterocycles. The van der Waals surface area contributed by atoms with Gasteiger partial charge in [-0.25, -0.2) is 9.59 Å². The summed E-state index contributed by atoms with van der Waals surface area (Å²) in [5.74, 6) is -1.08. The van der Waals surface area contributed by atoms with Crippen LogP contribution in [0.1, 0.15) is 60.8 Å². The smallest absolute Gasteiger partial charge is 0.410 e. The summed E-state index contributed by atoms with van der Waals surface area (Å²) in [7, 11) is 3.96. The molecule has 0 fully saturated rings. The molecule has 0 spiro atoms. The number of hydrogen-bond acceptors (Lipinski definition) is 10. The topological polar surface area (TPSA) is 152 Å². The van der Waals surface area contributed by atoms with Crippen molar-refractivity contribution in [2.75, 3.05) is 27.9 Å². The van der Waals surface area contributed by atoms with Crippen molar-refractivity contribution in [2.45, 2.75) is 78.5 Å². The first-order valence-corrected chi connectivity index (χ1v) is 10.6. The van der Waals surface area contributed by atoms with Crippen LogP contribution in [-0.2, 0) is 38.1 Å². The number of carbonyl (C=O) groups excluding carboxylic acids is 5. The molecule has 0 rings (SSSR count). The van der Waals surface area contributed by atoms with Gasteiger partial charge in [0.25, 0.3) is 0 Å². The summed E-state index contributed by atoms with van der Waals surface area (Å²) in [5, 5.41) is 0. The molecule has 2 N–H and O–H groups in total. The molecule has 0 bridgehead atoms. The fourth-order valence-electron chi connectivity index (χ4n) is 1.95. The average molecular weight is 491 g/mol. The van der Waals surface area contributed by atoms with Crippen LogP contribution in [0.4, 0.5) is 4.79 Å². The molecule has 0 aromatic carbocycles. The molecule has 0 aliphatic carbocycles. The van der Waals surface area contributed by atoms with E-state index in [0.29, 0.717) is 6.42 Å². The number of ether oxygens (including phenoxy) is 4. The van der Waals surface area contributed by atoms with Crippen molar-refractivity contribution < 1.29 is 42.9 Å². The van der Waals surface area contributed by atoms with E-state index in [1.54, 1.807) is 34.6 Å². The Morgan fingerprint density at radius 3 is 1.68 bits per heavy atom. The molecule has 0 aromatic heterocycles. The Balaban J connectivity index is -0.000000560. The van der Waals surface area contributed by atoms with E-state index >= 15 is 0 Å². The minimum atomic E-state index is -0.628. The van der Waals surface area contributed by atoms with Gasteiger partial charge in [0, 0.05) is 31.1 Å². The first-order chi connectivity index (χ1) is 15.5. The van der Waals surface area contributed by atoms with Crippen LogP contribution in [0.3, 0.4) is 0 Å². The second-order valence-corrected chi connectivity index (χ2v) is 8.24. The van der Waals surface area contributed by atoms with Gasteiger partial charge >= 0.3 is 24.0 Å². The van der Waals surface area contributed by atoms with E-state index in [1.165, 1.54) is 33.2 Å². The number of Topliss-reactive ketones (excluding diaryl/α,β-unsaturated/α-hetero) is 1. The number of carbonyl (C=O) groups is 5. The molecule has 34 heavy (non-hydrogen) atoms. The molecular weight excluding hydrogens is 448 g/mol. The maximum absolute atomic E-state index is 12.1. The lowest BCUT2D eigenvalue weighted by Crippen LogP contribution is -2.44. The summed E-state index contributed by atoms with van der Waals surface area (Å²) in [6.45, 7) is 13.6. The Kier molecular flexibility index (Phi) is 20.5. The van der Waals surface area contributed by atoms with Gasteiger partial charge < -0.3 is 29.6 Å². The molecule has 2 atom stereocenters. The summed E-state index contributed by atoms with van der Waals surface area (Å²) < 4.78 is 18.4. The lowest BCUT2D eigenvalue weighted by Gasteiger charge is -2.31. The fourth-order valence-corrected chi connectivity index (χ4v) is 1.95. The van der Waals surface area contributed by atoms with Gasteiger partial charge in [-0.3, -0.25) is 14.4 Å². The number of nitrogens with zero attached hydrogens (tertiary/aromatic N) is 1. The first-order valence-electron chi connectivity index (χ1n) is 10.6. The van der Waals surface area contributed by atoms with E-state index in [1.807, 2.05) is 0 Å². The number of methoxy groups -OCH3 is 3. The second kappa shape index (κ2) is 19.5. The van der Waals surface area contributed by atoms with Crippen molar-refractivity contribution in [3.8, 4) is 0 Å². The summed E-state index contributed by atoms with van der Waals surface area (Å²) in [4.78, 5) is 56.1. The third-order valence-corrected chi connectivity index (χ3v) is 3.64. The quantitative estimate of drug-likeness (QED) is 0.290. The Morgan fingerprint density at radius 1 is 0.941 bits per heavy atom. The van der Waals surface area contributed by atoms with Crippen LogP contribution in [0.5, 0.6) is 0 Å². The summed E-state index contributed by atoms with van der Waals surface area (Å²) >= 11 is 0. The van der Waals surface area contributed by atoms with Crippen LogP contribution in [-0.4, -0.2) is 80.2 Å². The standard InChI is InChI=1S/C14H25NO5.C5H11NO2.C4H6O2/c1-10(9-12(17)19-6)15(8-7-11(2)16)13(18)20-14(3,4)5;1-4(6)3-5(7)8-2;1-3-4(5)6-2/h10H,7-9H2,1-6H3;4H,3,6H2,1-2H3;3H,1H2,2H3/t10-;4-;/m11./s1. The van der Waals surface area contributed by atoms with E-state index in [0.717, 1.165) is 6.08 Å². The van der Waals surface area contributed by atoms with Gasteiger partial charge in [0.15, 0.2) is 0 Å². The van der Waals surface area contributed by atoms with Crippen molar-refractivity contribution in [1.82, 2.24) is 4.90 Å². The monoisotopic (exact) mass is 490 g/mol. The van der Waals surface area contributed by atoms with Crippen molar-refractivity contribution in [3.63, 3.8) is 0 Å². The van der Waals surface area contributed by atoms with E-state index in [4.69, 9.17) is 10.5 Å². The number of amides is 1. The summed E-state index contributed by atoms with van der Waals surface area (Å²) in [6, 6.07) is -0.487. The zero-order valence-corrected chi connectivity index (χ0v) is 22.0. The predicted molar refractivity (Wildman–Crippen MR) is 127 cm³/mol. The molecule has 0 aliphatic rings. The van der Waals surface area contributed by atoms with Crippen LogP contribution in [0.2, 0.25) is 0 Å². The Bertz CT molecular complexity index is 655. The number of ketones is 1. The number of esters is 3. The van der Waals surface area contributed by atoms with Crippen molar-refractivity contribution in [3.05, 3.63) is 12.7 Å². The maximum atomic E-state index is 12.1. The third-order valence-electron chi connectivity index (χ3n) is 3.64. The van der Waals surface area contributed by atoms with Crippen molar-refractivity contribution >= 4 is 29.8 Å². The van der Waals surface area contributed by atoms with Gasteiger partial charge in [-0.1, -0.05) is 6.58 Å². The third kappa shape index (κ3) is 23.7. The number of nitrogens with two attached hydrogens (primary N) is 1. The van der Waals surface area contributed by atoms with Crippen molar-refractivity contribution in [2.24, 2.45) is 5.73 Å². The van der Waals surface area contributed by atoms with Crippen LogP contribution >= 0.6 is 0 Å². The highest BCUT2D eigenvalue weighted by atomic mass is 16.6. The predicted octanol–water partition coefficient (Wildman–Crippen LogP) is 2.40. The van der Waals surface area contributed by atoms with Gasteiger partial charge in [-0.05, 0) is 41.5 Å². The van der Waals surface area contributed by atoms with E-state index in [2.05, 4.69) is 20.8 Å². The highest BCUT2D eigenvalue weighted by Crippen LogP contribution is 2.14. The lowest BCUT2D eigenvalue weighted by molar-refractivity contribution is -0.142. The molecule has 11 heteroatoms. The molecule has 0 aliphatic heterocycles. The maximum Gasteiger partial charge on any atom is 0.410 e. The number of hydrogen-bond donors (Lipinski definition) is 1. The normalized spacial score (nSPS) is 11.6. The van der Waals surface area contributed by atoms with Crippen LogP contribution in [0.25, 0.3) is 0 Å². The van der Waals surface area contributed by atoms with Crippen LogP contribution < -0.4 is 5.73 Å². The molecular formula is C23H42N2O9. The summed E-state index contributed by atoms with van der Waals surface area (Å²) in [5.41, 5.74) is 4.64. The molecule has 1 amide bonds. The molecule has 198 valence electrons.